The van der Waals surface area contributed by atoms with E-state index in [-0.39, 0.29) is 23.6 Å². The number of amides is 1. The molecule has 0 radical (unpaired) electrons. The Bertz CT molecular complexity index is 1440. The minimum Gasteiger partial charge on any atom is -0.486 e. The largest absolute Gasteiger partial charge is 0.486 e. The van der Waals surface area contributed by atoms with Gasteiger partial charge in [-0.25, -0.2) is 8.78 Å². The van der Waals surface area contributed by atoms with Crippen LogP contribution in [0, 0.1) is 11.6 Å². The summed E-state index contributed by atoms with van der Waals surface area (Å²) < 4.78 is 39.7. The first-order chi connectivity index (χ1) is 17.5. The van der Waals surface area contributed by atoms with Gasteiger partial charge in [-0.1, -0.05) is 41.6 Å². The van der Waals surface area contributed by atoms with Gasteiger partial charge < -0.3 is 14.2 Å². The predicted molar refractivity (Wildman–Crippen MR) is 129 cm³/mol. The standard InChI is InChI=1S/C28H23F2N3O3/c1-32-25-15-33(14-20-13-24(31-36-20)17-5-3-2-4-6-17)16-27(25)35-26-11-18(7-9-22(26)28(32)34)21-10-8-19(29)12-23(21)30/h2-13,25,27H,14-16H2,1H3. The highest BCUT2D eigenvalue weighted by molar-refractivity contribution is 5.98. The topological polar surface area (TPSA) is 58.8 Å². The third-order valence-electron chi connectivity index (χ3n) is 6.87. The van der Waals surface area contributed by atoms with Crippen LogP contribution in [0.3, 0.4) is 0 Å². The summed E-state index contributed by atoms with van der Waals surface area (Å²) in [6, 6.07) is 20.0. The van der Waals surface area contributed by atoms with E-state index in [1.165, 1.54) is 12.1 Å². The first kappa shape index (κ1) is 22.4. The molecule has 6 rings (SSSR count). The molecule has 6 nitrogen and oxygen atoms in total. The fourth-order valence-corrected chi connectivity index (χ4v) is 4.99. The van der Waals surface area contributed by atoms with Crippen LogP contribution in [0.5, 0.6) is 5.75 Å². The van der Waals surface area contributed by atoms with E-state index in [0.29, 0.717) is 36.5 Å². The van der Waals surface area contributed by atoms with Crippen molar-refractivity contribution in [1.29, 1.82) is 0 Å². The van der Waals surface area contributed by atoms with E-state index in [4.69, 9.17) is 9.26 Å². The van der Waals surface area contributed by atoms with Gasteiger partial charge >= 0.3 is 0 Å². The second-order valence-electron chi connectivity index (χ2n) is 9.21. The molecule has 1 saturated heterocycles. The highest BCUT2D eigenvalue weighted by Crippen LogP contribution is 2.35. The van der Waals surface area contributed by atoms with Crippen LogP contribution < -0.4 is 4.74 Å². The molecule has 1 aromatic heterocycles. The maximum atomic E-state index is 14.4. The molecule has 0 aliphatic carbocycles. The smallest absolute Gasteiger partial charge is 0.257 e. The van der Waals surface area contributed by atoms with Crippen LogP contribution in [0.2, 0.25) is 0 Å². The van der Waals surface area contributed by atoms with Crippen LogP contribution in [0.15, 0.2) is 77.3 Å². The van der Waals surface area contributed by atoms with Gasteiger partial charge in [-0.15, -0.1) is 0 Å². The van der Waals surface area contributed by atoms with E-state index in [2.05, 4.69) is 10.1 Å². The number of fused-ring (bicyclic) bond motifs is 2. The number of carbonyl (C=O) groups excluding carboxylic acids is 1. The van der Waals surface area contributed by atoms with E-state index < -0.39 is 11.6 Å². The minimum absolute atomic E-state index is 0.156. The molecule has 2 atom stereocenters. The lowest BCUT2D eigenvalue weighted by Crippen LogP contribution is -2.44. The van der Waals surface area contributed by atoms with E-state index in [0.717, 1.165) is 23.1 Å². The van der Waals surface area contributed by atoms with Crippen LogP contribution >= 0.6 is 0 Å². The summed E-state index contributed by atoms with van der Waals surface area (Å²) in [6.07, 6.45) is -0.273. The van der Waals surface area contributed by atoms with Crippen molar-refractivity contribution in [2.75, 3.05) is 20.1 Å². The zero-order chi connectivity index (χ0) is 24.8. The summed E-state index contributed by atoms with van der Waals surface area (Å²) in [5.41, 5.74) is 2.95. The number of nitrogens with zero attached hydrogens (tertiary/aromatic N) is 3. The number of hydrogen-bond acceptors (Lipinski definition) is 5. The molecule has 0 bridgehead atoms. The maximum Gasteiger partial charge on any atom is 0.257 e. The van der Waals surface area contributed by atoms with Crippen molar-refractivity contribution in [3.05, 3.63) is 95.8 Å². The SMILES string of the molecule is CN1C(=O)c2ccc(-c3ccc(F)cc3F)cc2OC2CN(Cc3cc(-c4ccccc4)no3)CC21. The third-order valence-corrected chi connectivity index (χ3v) is 6.87. The van der Waals surface area contributed by atoms with Crippen LogP contribution in [-0.4, -0.2) is 53.1 Å². The average molecular weight is 488 g/mol. The van der Waals surface area contributed by atoms with E-state index in [1.54, 1.807) is 30.1 Å². The van der Waals surface area contributed by atoms with Gasteiger partial charge in [0, 0.05) is 43.4 Å². The van der Waals surface area contributed by atoms with E-state index in [9.17, 15) is 13.6 Å². The number of hydrogen-bond donors (Lipinski definition) is 0. The van der Waals surface area contributed by atoms with Crippen molar-refractivity contribution in [2.24, 2.45) is 0 Å². The number of halogens is 2. The molecule has 2 aliphatic heterocycles. The maximum absolute atomic E-state index is 14.4. The zero-order valence-electron chi connectivity index (χ0n) is 19.5. The Morgan fingerprint density at radius 3 is 2.56 bits per heavy atom. The summed E-state index contributed by atoms with van der Waals surface area (Å²) in [4.78, 5) is 17.1. The monoisotopic (exact) mass is 487 g/mol. The molecule has 0 spiro atoms. The number of aromatic nitrogens is 1. The van der Waals surface area contributed by atoms with Crippen molar-refractivity contribution in [3.63, 3.8) is 0 Å². The first-order valence-electron chi connectivity index (χ1n) is 11.7. The van der Waals surface area contributed by atoms with E-state index in [1.807, 2.05) is 36.4 Å². The van der Waals surface area contributed by atoms with Crippen LogP contribution in [-0.2, 0) is 6.54 Å². The van der Waals surface area contributed by atoms with Crippen LogP contribution in [0.25, 0.3) is 22.4 Å². The molecular formula is C28H23F2N3O3. The molecule has 8 heteroatoms. The highest BCUT2D eigenvalue weighted by atomic mass is 19.1. The average Bonchev–Trinajstić information content (AvgIpc) is 3.49. The van der Waals surface area contributed by atoms with Gasteiger partial charge in [-0.3, -0.25) is 9.69 Å². The van der Waals surface area contributed by atoms with Crippen molar-refractivity contribution in [2.45, 2.75) is 18.7 Å². The molecular weight excluding hydrogens is 464 g/mol. The Kier molecular flexibility index (Phi) is 5.53. The molecule has 2 aliphatic rings. The summed E-state index contributed by atoms with van der Waals surface area (Å²) in [5, 5.41) is 4.19. The summed E-state index contributed by atoms with van der Waals surface area (Å²) >= 11 is 0. The summed E-state index contributed by atoms with van der Waals surface area (Å²) in [7, 11) is 1.78. The van der Waals surface area contributed by atoms with Gasteiger partial charge in [0.15, 0.2) is 5.76 Å². The van der Waals surface area contributed by atoms with Gasteiger partial charge in [0.2, 0.25) is 0 Å². The number of ether oxygens (including phenoxy) is 1. The first-order valence-corrected chi connectivity index (χ1v) is 11.7. The van der Waals surface area contributed by atoms with Crippen molar-refractivity contribution in [3.8, 4) is 28.1 Å². The number of rotatable bonds is 4. The Hall–Kier alpha value is -4.04. The molecule has 3 heterocycles. The van der Waals surface area contributed by atoms with Gasteiger partial charge in [-0.2, -0.15) is 0 Å². The molecule has 36 heavy (non-hydrogen) atoms. The van der Waals surface area contributed by atoms with Crippen molar-refractivity contribution in [1.82, 2.24) is 15.0 Å². The van der Waals surface area contributed by atoms with E-state index >= 15 is 0 Å². The van der Waals surface area contributed by atoms with Crippen LogP contribution in [0.4, 0.5) is 8.78 Å². The van der Waals surface area contributed by atoms with Crippen molar-refractivity contribution >= 4 is 5.91 Å². The van der Waals surface area contributed by atoms with Gasteiger partial charge in [0.1, 0.15) is 29.2 Å². The summed E-state index contributed by atoms with van der Waals surface area (Å²) in [6.45, 7) is 1.73. The molecule has 4 aromatic rings. The second-order valence-corrected chi connectivity index (χ2v) is 9.21. The third kappa shape index (κ3) is 4.03. The Morgan fingerprint density at radius 1 is 0.944 bits per heavy atom. The van der Waals surface area contributed by atoms with Gasteiger partial charge in [-0.05, 0) is 29.8 Å². The van der Waals surface area contributed by atoms with Crippen molar-refractivity contribution < 1.29 is 22.8 Å². The highest BCUT2D eigenvalue weighted by Gasteiger charge is 2.42. The molecule has 2 unspecified atom stereocenters. The lowest BCUT2D eigenvalue weighted by Gasteiger charge is -2.25. The Morgan fingerprint density at radius 2 is 1.75 bits per heavy atom. The minimum atomic E-state index is -0.668. The molecule has 182 valence electrons. The quantitative estimate of drug-likeness (QED) is 0.405. The van der Waals surface area contributed by atoms with Gasteiger partial charge in [0.25, 0.3) is 5.91 Å². The molecule has 1 amide bonds. The molecule has 0 N–H and O–H groups in total. The summed E-state index contributed by atoms with van der Waals surface area (Å²) in [5.74, 6) is -0.340. The lowest BCUT2D eigenvalue weighted by atomic mass is 10.0. The normalized spacial score (nSPS) is 19.5. The fourth-order valence-electron chi connectivity index (χ4n) is 4.99. The Balaban J connectivity index is 1.23. The second kappa shape index (κ2) is 8.87. The molecule has 0 saturated carbocycles. The van der Waals surface area contributed by atoms with Gasteiger partial charge in [0.05, 0.1) is 18.2 Å². The number of benzene rings is 3. The fraction of sp³-hybridized carbons (Fsp3) is 0.214. The number of likely N-dealkylation sites (tertiary alicyclic amines) is 1. The lowest BCUT2D eigenvalue weighted by molar-refractivity contribution is 0.0682. The Labute approximate surface area is 206 Å². The number of likely N-dealkylation sites (N-methyl/N-ethyl adjacent to an activating group) is 1. The zero-order valence-corrected chi connectivity index (χ0v) is 19.5. The van der Waals surface area contributed by atoms with Crippen LogP contribution in [0.1, 0.15) is 16.1 Å². The molecule has 3 aromatic carbocycles. The predicted octanol–water partition coefficient (Wildman–Crippen LogP) is 5.00. The molecule has 1 fully saturated rings. The number of carbonyl (C=O) groups is 1.